The Hall–Kier alpha value is -2.83. The number of carbonyl (C=O) groups is 2. The second-order valence-electron chi connectivity index (χ2n) is 6.77. The van der Waals surface area contributed by atoms with Crippen molar-refractivity contribution < 1.29 is 22.8 Å². The van der Waals surface area contributed by atoms with Crippen LogP contribution in [0.4, 0.5) is 24.5 Å². The first-order chi connectivity index (χ1) is 13.7. The Morgan fingerprint density at radius 2 is 2.17 bits per heavy atom. The lowest BCUT2D eigenvalue weighted by molar-refractivity contribution is -0.119. The average molecular weight is 427 g/mol. The van der Waals surface area contributed by atoms with Gasteiger partial charge in [0.2, 0.25) is 5.91 Å². The van der Waals surface area contributed by atoms with Gasteiger partial charge in [-0.25, -0.2) is 13.2 Å². The summed E-state index contributed by atoms with van der Waals surface area (Å²) in [6, 6.07) is 1.73. The van der Waals surface area contributed by atoms with Crippen molar-refractivity contribution in [3.63, 3.8) is 0 Å². The zero-order chi connectivity index (χ0) is 20.8. The molecular formula is C16H16F3N7O2S. The summed E-state index contributed by atoms with van der Waals surface area (Å²) in [5.41, 5.74) is 0.382. The van der Waals surface area contributed by atoms with E-state index in [0.29, 0.717) is 10.6 Å². The molecule has 0 aliphatic carbocycles. The van der Waals surface area contributed by atoms with Crippen LogP contribution in [0.2, 0.25) is 0 Å². The molecule has 2 amide bonds. The summed E-state index contributed by atoms with van der Waals surface area (Å²) in [7, 11) is 1.46. The van der Waals surface area contributed by atoms with Gasteiger partial charge >= 0.3 is 0 Å². The number of tetrazole rings is 1. The minimum Gasteiger partial charge on any atom is -0.363 e. The zero-order valence-corrected chi connectivity index (χ0v) is 16.0. The van der Waals surface area contributed by atoms with Gasteiger partial charge in [0.15, 0.2) is 0 Å². The van der Waals surface area contributed by atoms with Crippen LogP contribution in [0.25, 0.3) is 0 Å². The first kappa shape index (κ1) is 19.5. The van der Waals surface area contributed by atoms with Crippen LogP contribution in [0.5, 0.6) is 0 Å². The van der Waals surface area contributed by atoms with Crippen molar-refractivity contribution in [2.45, 2.75) is 23.3 Å². The van der Waals surface area contributed by atoms with Crippen LogP contribution in [0, 0.1) is 5.82 Å². The monoisotopic (exact) mass is 427 g/mol. The van der Waals surface area contributed by atoms with E-state index < -0.39 is 36.1 Å². The summed E-state index contributed by atoms with van der Waals surface area (Å²) >= 11 is 1.22. The van der Waals surface area contributed by atoms with Crippen molar-refractivity contribution in [1.29, 1.82) is 0 Å². The number of nitrogens with zero attached hydrogens (tertiary/aromatic N) is 5. The highest BCUT2D eigenvalue weighted by Crippen LogP contribution is 2.40. The van der Waals surface area contributed by atoms with E-state index >= 15 is 0 Å². The standard InChI is InChI=1S/C16H16F3N7O2S/c1-25-11-4-8(17)10(26-3-2-16(18,19)7-26)5-12(11)29-6-9(15(25)28)20-14(27)13-21-23-24-22-13/h4-5,9H,2-3,6-7H2,1H3,(H,20,27)(H,21,22,23,24)/t9-/m0/s1. The van der Waals surface area contributed by atoms with Crippen molar-refractivity contribution in [2.75, 3.05) is 35.7 Å². The number of H-pyrrole nitrogens is 1. The van der Waals surface area contributed by atoms with Gasteiger partial charge in [0.05, 0.1) is 17.9 Å². The Kier molecular flexibility index (Phi) is 4.84. The fraction of sp³-hybridized carbons (Fsp3) is 0.438. The highest BCUT2D eigenvalue weighted by atomic mass is 32.2. The molecule has 1 fully saturated rings. The molecule has 9 nitrogen and oxygen atoms in total. The lowest BCUT2D eigenvalue weighted by Crippen LogP contribution is -2.48. The number of fused-ring (bicyclic) bond motifs is 1. The maximum absolute atomic E-state index is 14.7. The molecule has 1 aromatic heterocycles. The Morgan fingerprint density at radius 1 is 1.38 bits per heavy atom. The normalized spacial score (nSPS) is 21.1. The summed E-state index contributed by atoms with van der Waals surface area (Å²) in [5.74, 6) is -4.72. The van der Waals surface area contributed by atoms with E-state index in [2.05, 4.69) is 25.9 Å². The van der Waals surface area contributed by atoms with Crippen molar-refractivity contribution >= 4 is 35.0 Å². The van der Waals surface area contributed by atoms with Gasteiger partial charge in [-0.3, -0.25) is 9.59 Å². The number of hydrogen-bond donors (Lipinski definition) is 2. The van der Waals surface area contributed by atoms with E-state index in [-0.39, 0.29) is 30.2 Å². The van der Waals surface area contributed by atoms with Crippen LogP contribution in [0.1, 0.15) is 17.0 Å². The number of alkyl halides is 2. The molecule has 2 N–H and O–H groups in total. The van der Waals surface area contributed by atoms with Gasteiger partial charge in [0.25, 0.3) is 17.7 Å². The van der Waals surface area contributed by atoms with E-state index in [9.17, 15) is 22.8 Å². The van der Waals surface area contributed by atoms with Crippen LogP contribution < -0.4 is 15.1 Å². The number of benzene rings is 1. The molecular weight excluding hydrogens is 411 g/mol. The molecule has 4 rings (SSSR count). The number of amides is 2. The number of rotatable bonds is 3. The smallest absolute Gasteiger partial charge is 0.293 e. The van der Waals surface area contributed by atoms with Crippen molar-refractivity contribution in [2.24, 2.45) is 0 Å². The number of thioether (sulfide) groups is 1. The van der Waals surface area contributed by atoms with Gasteiger partial charge in [-0.1, -0.05) is 0 Å². The molecule has 0 unspecified atom stereocenters. The number of anilines is 2. The quantitative estimate of drug-likeness (QED) is 0.754. The van der Waals surface area contributed by atoms with Gasteiger partial charge in [0.1, 0.15) is 11.9 Å². The van der Waals surface area contributed by atoms with Crippen LogP contribution in [0.3, 0.4) is 0 Å². The lowest BCUT2D eigenvalue weighted by Gasteiger charge is -2.24. The zero-order valence-electron chi connectivity index (χ0n) is 15.2. The van der Waals surface area contributed by atoms with Crippen molar-refractivity contribution in [3.8, 4) is 0 Å². The molecule has 2 aliphatic rings. The van der Waals surface area contributed by atoms with E-state index in [4.69, 9.17) is 0 Å². The average Bonchev–Trinajstić information content (AvgIpc) is 3.31. The molecule has 2 aliphatic heterocycles. The molecule has 29 heavy (non-hydrogen) atoms. The summed E-state index contributed by atoms with van der Waals surface area (Å²) in [6.07, 6.45) is -0.334. The molecule has 1 atom stereocenters. The molecule has 13 heteroatoms. The predicted octanol–water partition coefficient (Wildman–Crippen LogP) is 1.05. The fourth-order valence-corrected chi connectivity index (χ4v) is 4.39. The summed E-state index contributed by atoms with van der Waals surface area (Å²) < 4.78 is 41.8. The Bertz CT molecular complexity index is 956. The molecule has 0 bridgehead atoms. The molecule has 0 saturated carbocycles. The molecule has 2 aromatic rings. The molecule has 0 spiro atoms. The summed E-state index contributed by atoms with van der Waals surface area (Å²) in [6.45, 7) is -0.503. The Balaban J connectivity index is 1.58. The van der Waals surface area contributed by atoms with Crippen LogP contribution in [-0.4, -0.2) is 70.3 Å². The second-order valence-corrected chi connectivity index (χ2v) is 7.83. The highest BCUT2D eigenvalue weighted by molar-refractivity contribution is 7.99. The number of aromatic amines is 1. The van der Waals surface area contributed by atoms with E-state index in [0.717, 1.165) is 6.07 Å². The maximum Gasteiger partial charge on any atom is 0.293 e. The highest BCUT2D eigenvalue weighted by Gasteiger charge is 2.40. The van der Waals surface area contributed by atoms with Gasteiger partial charge < -0.3 is 15.1 Å². The van der Waals surface area contributed by atoms with Gasteiger partial charge in [-0.05, 0) is 11.3 Å². The molecule has 1 aromatic carbocycles. The summed E-state index contributed by atoms with van der Waals surface area (Å²) in [5, 5.41) is 15.1. The first-order valence-corrected chi connectivity index (χ1v) is 9.65. The third-order valence-corrected chi connectivity index (χ3v) is 5.93. The number of aromatic nitrogens is 4. The lowest BCUT2D eigenvalue weighted by atomic mass is 10.2. The van der Waals surface area contributed by atoms with Gasteiger partial charge in [-0.15, -0.1) is 22.0 Å². The molecule has 0 radical (unpaired) electrons. The SMILES string of the molecule is CN1C(=O)[C@@H](NC(=O)c2nn[nH]n2)CSc2cc(N3CCC(F)(F)C3)c(F)cc21. The predicted molar refractivity (Wildman–Crippen MR) is 97.7 cm³/mol. The maximum atomic E-state index is 14.7. The third kappa shape index (κ3) is 3.73. The van der Waals surface area contributed by atoms with Crippen LogP contribution in [-0.2, 0) is 4.79 Å². The molecule has 1 saturated heterocycles. The van der Waals surface area contributed by atoms with Gasteiger partial charge in [0, 0.05) is 36.7 Å². The van der Waals surface area contributed by atoms with E-state index in [1.165, 1.54) is 34.7 Å². The van der Waals surface area contributed by atoms with E-state index in [1.54, 1.807) is 0 Å². The first-order valence-electron chi connectivity index (χ1n) is 8.66. The van der Waals surface area contributed by atoms with Crippen molar-refractivity contribution in [1.82, 2.24) is 25.9 Å². The largest absolute Gasteiger partial charge is 0.363 e. The minimum atomic E-state index is -2.86. The fourth-order valence-electron chi connectivity index (χ4n) is 3.27. The van der Waals surface area contributed by atoms with Crippen LogP contribution in [0.15, 0.2) is 17.0 Å². The van der Waals surface area contributed by atoms with Crippen LogP contribution >= 0.6 is 11.8 Å². The Morgan fingerprint density at radius 3 is 2.83 bits per heavy atom. The second kappa shape index (κ2) is 7.21. The third-order valence-electron chi connectivity index (χ3n) is 4.79. The number of nitrogens with one attached hydrogen (secondary N) is 2. The molecule has 3 heterocycles. The van der Waals surface area contributed by atoms with Crippen molar-refractivity contribution in [3.05, 3.63) is 23.8 Å². The van der Waals surface area contributed by atoms with E-state index in [1.807, 2.05) is 0 Å². The number of likely N-dealkylation sites (N-methyl/N-ethyl adjacent to an activating group) is 1. The number of hydrogen-bond acceptors (Lipinski definition) is 7. The topological polar surface area (TPSA) is 107 Å². The number of carbonyl (C=O) groups excluding carboxylic acids is 2. The minimum absolute atomic E-state index is 0.0471. The van der Waals surface area contributed by atoms with Gasteiger partial charge in [-0.2, -0.15) is 5.21 Å². The Labute approximate surface area is 167 Å². The summed E-state index contributed by atoms with van der Waals surface area (Å²) in [4.78, 5) is 28.0. The number of halogens is 3. The molecule has 154 valence electrons.